The molecule has 1 aliphatic rings. The van der Waals surface area contributed by atoms with Gasteiger partial charge >= 0.3 is 0 Å². The summed E-state index contributed by atoms with van der Waals surface area (Å²) in [6, 6.07) is 15.2. The summed E-state index contributed by atoms with van der Waals surface area (Å²) >= 11 is 0. The molecule has 2 aromatic carbocycles. The van der Waals surface area contributed by atoms with Crippen molar-refractivity contribution in [1.29, 1.82) is 0 Å². The van der Waals surface area contributed by atoms with Gasteiger partial charge in [-0.3, -0.25) is 0 Å². The Kier molecular flexibility index (Phi) is 4.25. The molecule has 20 heavy (non-hydrogen) atoms. The van der Waals surface area contributed by atoms with Gasteiger partial charge in [-0.05, 0) is 41.2 Å². The molecule has 2 aromatic rings. The van der Waals surface area contributed by atoms with E-state index in [0.29, 0.717) is 0 Å². The predicted octanol–water partition coefficient (Wildman–Crippen LogP) is 5.47. The molecule has 1 saturated carbocycles. The maximum absolute atomic E-state index is 3.60. The minimum atomic E-state index is 0.944. The van der Waals surface area contributed by atoms with Crippen molar-refractivity contribution in [3.05, 3.63) is 42.5 Å². The van der Waals surface area contributed by atoms with E-state index in [9.17, 15) is 0 Å². The maximum atomic E-state index is 3.60. The smallest absolute Gasteiger partial charge is 0.0346 e. The van der Waals surface area contributed by atoms with Gasteiger partial charge in [0.15, 0.2) is 0 Å². The summed E-state index contributed by atoms with van der Waals surface area (Å²) in [5.74, 6) is 1.90. The molecule has 0 aromatic heterocycles. The lowest BCUT2D eigenvalue weighted by molar-refractivity contribution is 0.282. The number of anilines is 1. The lowest BCUT2D eigenvalue weighted by Crippen LogP contribution is -2.15. The van der Waals surface area contributed by atoms with Gasteiger partial charge in [0.05, 0.1) is 0 Å². The highest BCUT2D eigenvalue weighted by molar-refractivity contribution is 5.85. The van der Waals surface area contributed by atoms with Gasteiger partial charge in [0.1, 0.15) is 0 Å². The molecule has 1 fully saturated rings. The van der Waals surface area contributed by atoms with Crippen LogP contribution in [0.15, 0.2) is 42.5 Å². The molecule has 0 aliphatic heterocycles. The van der Waals surface area contributed by atoms with E-state index in [0.717, 1.165) is 18.4 Å². The number of rotatable bonds is 4. The quantitative estimate of drug-likeness (QED) is 0.774. The second-order valence-electron chi connectivity index (χ2n) is 6.40. The number of fused-ring (bicyclic) bond motifs is 1. The van der Waals surface area contributed by atoms with Crippen LogP contribution in [-0.4, -0.2) is 6.54 Å². The van der Waals surface area contributed by atoms with Crippen molar-refractivity contribution in [3.63, 3.8) is 0 Å². The van der Waals surface area contributed by atoms with Crippen LogP contribution in [0.2, 0.25) is 0 Å². The van der Waals surface area contributed by atoms with Crippen LogP contribution in [-0.2, 0) is 0 Å². The molecular weight excluding hydrogens is 242 g/mol. The molecule has 0 spiro atoms. The Morgan fingerprint density at radius 2 is 1.70 bits per heavy atom. The van der Waals surface area contributed by atoms with Crippen molar-refractivity contribution in [1.82, 2.24) is 0 Å². The van der Waals surface area contributed by atoms with Gasteiger partial charge in [-0.25, -0.2) is 0 Å². The van der Waals surface area contributed by atoms with Crippen molar-refractivity contribution in [3.8, 4) is 0 Å². The second kappa shape index (κ2) is 6.30. The van der Waals surface area contributed by atoms with Gasteiger partial charge in [0, 0.05) is 12.2 Å². The third-order valence-electron chi connectivity index (χ3n) is 4.77. The van der Waals surface area contributed by atoms with E-state index in [1.807, 2.05) is 0 Å². The molecule has 1 heteroatoms. The predicted molar refractivity (Wildman–Crippen MR) is 88.2 cm³/mol. The van der Waals surface area contributed by atoms with E-state index in [1.165, 1.54) is 48.6 Å². The summed E-state index contributed by atoms with van der Waals surface area (Å²) in [6.45, 7) is 3.50. The molecule has 3 rings (SSSR count). The Hall–Kier alpha value is -1.50. The first kappa shape index (κ1) is 13.5. The normalized spacial score (nSPS) is 22.9. The van der Waals surface area contributed by atoms with Crippen LogP contribution in [0.1, 0.15) is 39.0 Å². The van der Waals surface area contributed by atoms with Gasteiger partial charge in [0.25, 0.3) is 0 Å². The third-order valence-corrected chi connectivity index (χ3v) is 4.77. The molecule has 0 bridgehead atoms. The van der Waals surface area contributed by atoms with E-state index in [2.05, 4.69) is 54.7 Å². The van der Waals surface area contributed by atoms with Gasteiger partial charge < -0.3 is 5.32 Å². The molecule has 0 amide bonds. The standard InChI is InChI=1S/C19H25N/c1-15-6-8-16(9-7-15)12-13-20-19-11-10-17-4-2-3-5-18(17)14-19/h2-5,10-11,14-16,20H,6-9,12-13H2,1H3. The molecule has 0 radical (unpaired) electrons. The van der Waals surface area contributed by atoms with Crippen molar-refractivity contribution in [2.75, 3.05) is 11.9 Å². The topological polar surface area (TPSA) is 12.0 Å². The minimum Gasteiger partial charge on any atom is -0.385 e. The van der Waals surface area contributed by atoms with Crippen LogP contribution >= 0.6 is 0 Å². The van der Waals surface area contributed by atoms with Crippen LogP contribution in [0.5, 0.6) is 0 Å². The van der Waals surface area contributed by atoms with Crippen LogP contribution in [0.3, 0.4) is 0 Å². The summed E-state index contributed by atoms with van der Waals surface area (Å²) in [6.07, 6.45) is 7.04. The van der Waals surface area contributed by atoms with E-state index < -0.39 is 0 Å². The molecule has 0 unspecified atom stereocenters. The van der Waals surface area contributed by atoms with Crippen LogP contribution in [0.25, 0.3) is 10.8 Å². The van der Waals surface area contributed by atoms with Crippen molar-refractivity contribution in [2.24, 2.45) is 11.8 Å². The fourth-order valence-electron chi connectivity index (χ4n) is 3.34. The van der Waals surface area contributed by atoms with Gasteiger partial charge in [-0.1, -0.05) is 62.9 Å². The lowest BCUT2D eigenvalue weighted by atomic mass is 9.81. The van der Waals surface area contributed by atoms with E-state index in [-0.39, 0.29) is 0 Å². The monoisotopic (exact) mass is 267 g/mol. The van der Waals surface area contributed by atoms with Crippen molar-refractivity contribution >= 4 is 16.5 Å². The maximum Gasteiger partial charge on any atom is 0.0346 e. The Morgan fingerprint density at radius 3 is 2.50 bits per heavy atom. The average molecular weight is 267 g/mol. The number of nitrogens with one attached hydrogen (secondary N) is 1. The largest absolute Gasteiger partial charge is 0.385 e. The molecule has 1 aliphatic carbocycles. The van der Waals surface area contributed by atoms with Crippen LogP contribution in [0, 0.1) is 11.8 Å². The highest BCUT2D eigenvalue weighted by Gasteiger charge is 2.17. The number of hydrogen-bond acceptors (Lipinski definition) is 1. The summed E-state index contributed by atoms with van der Waals surface area (Å²) < 4.78 is 0. The zero-order valence-electron chi connectivity index (χ0n) is 12.4. The third kappa shape index (κ3) is 3.33. The molecule has 0 atom stereocenters. The number of hydrogen-bond donors (Lipinski definition) is 1. The first-order chi connectivity index (χ1) is 9.81. The molecule has 0 heterocycles. The Bertz CT molecular complexity index is 552. The minimum absolute atomic E-state index is 0.944. The van der Waals surface area contributed by atoms with Crippen LogP contribution < -0.4 is 5.32 Å². The fourth-order valence-corrected chi connectivity index (χ4v) is 3.34. The van der Waals surface area contributed by atoms with E-state index in [4.69, 9.17) is 0 Å². The van der Waals surface area contributed by atoms with Crippen molar-refractivity contribution in [2.45, 2.75) is 39.0 Å². The number of benzene rings is 2. The highest BCUT2D eigenvalue weighted by atomic mass is 14.9. The summed E-state index contributed by atoms with van der Waals surface area (Å²) in [4.78, 5) is 0. The molecule has 106 valence electrons. The molecule has 0 saturated heterocycles. The van der Waals surface area contributed by atoms with Gasteiger partial charge in [0.2, 0.25) is 0 Å². The SMILES string of the molecule is CC1CCC(CCNc2ccc3ccccc3c2)CC1. The Morgan fingerprint density at radius 1 is 0.950 bits per heavy atom. The van der Waals surface area contributed by atoms with Gasteiger partial charge in [-0.15, -0.1) is 0 Å². The zero-order chi connectivity index (χ0) is 13.8. The van der Waals surface area contributed by atoms with E-state index in [1.54, 1.807) is 0 Å². The summed E-state index contributed by atoms with van der Waals surface area (Å²) in [5, 5.41) is 6.24. The first-order valence-corrected chi connectivity index (χ1v) is 8.04. The summed E-state index contributed by atoms with van der Waals surface area (Å²) in [7, 11) is 0. The Labute approximate surface area is 122 Å². The molecule has 1 N–H and O–H groups in total. The zero-order valence-corrected chi connectivity index (χ0v) is 12.4. The Balaban J connectivity index is 1.52. The summed E-state index contributed by atoms with van der Waals surface area (Å²) in [5.41, 5.74) is 1.26. The van der Waals surface area contributed by atoms with Crippen LogP contribution in [0.4, 0.5) is 5.69 Å². The fraction of sp³-hybridized carbons (Fsp3) is 0.474. The lowest BCUT2D eigenvalue weighted by Gasteiger charge is -2.26. The van der Waals surface area contributed by atoms with E-state index >= 15 is 0 Å². The van der Waals surface area contributed by atoms with Crippen molar-refractivity contribution < 1.29 is 0 Å². The first-order valence-electron chi connectivity index (χ1n) is 8.04. The average Bonchev–Trinajstić information content (AvgIpc) is 2.49. The molecular formula is C19H25N. The molecule has 1 nitrogen and oxygen atoms in total. The highest BCUT2D eigenvalue weighted by Crippen LogP contribution is 2.30. The van der Waals surface area contributed by atoms with Gasteiger partial charge in [-0.2, -0.15) is 0 Å². The second-order valence-corrected chi connectivity index (χ2v) is 6.40.